The number of benzene rings is 1. The SMILES string of the molecule is O=C(Oc1ccccc1)O[C@H]1C[C@H](n2cc(F)c(=O)[nH]c2=O)S[C@@H]1CO. The first-order valence-electron chi connectivity index (χ1n) is 7.68. The number of aliphatic hydroxyl groups excluding tert-OH is 1. The topological polar surface area (TPSA) is 111 Å². The van der Waals surface area contributed by atoms with Crippen molar-refractivity contribution in [1.82, 2.24) is 9.55 Å². The van der Waals surface area contributed by atoms with E-state index in [2.05, 4.69) is 0 Å². The van der Waals surface area contributed by atoms with Gasteiger partial charge in [-0.05, 0) is 12.1 Å². The van der Waals surface area contributed by atoms with Gasteiger partial charge < -0.3 is 14.6 Å². The number of ether oxygens (including phenoxy) is 2. The Bertz CT molecular complexity index is 900. The first-order chi connectivity index (χ1) is 12.5. The molecule has 1 saturated heterocycles. The molecule has 0 unspecified atom stereocenters. The molecule has 2 aromatic rings. The highest BCUT2D eigenvalue weighted by atomic mass is 32.2. The van der Waals surface area contributed by atoms with Crippen molar-refractivity contribution in [3.63, 3.8) is 0 Å². The van der Waals surface area contributed by atoms with E-state index in [0.717, 1.165) is 22.5 Å². The summed E-state index contributed by atoms with van der Waals surface area (Å²) < 4.78 is 24.8. The molecule has 0 aliphatic carbocycles. The van der Waals surface area contributed by atoms with E-state index in [9.17, 15) is 23.9 Å². The zero-order valence-corrected chi connectivity index (χ0v) is 14.1. The number of carbonyl (C=O) groups excluding carboxylic acids is 1. The predicted octanol–water partition coefficient (Wildman–Crippen LogP) is 1.26. The summed E-state index contributed by atoms with van der Waals surface area (Å²) in [5.41, 5.74) is -1.88. The van der Waals surface area contributed by atoms with Crippen LogP contribution in [0.15, 0.2) is 46.1 Å². The number of thioether (sulfide) groups is 1. The number of hydrogen-bond acceptors (Lipinski definition) is 7. The van der Waals surface area contributed by atoms with Gasteiger partial charge in [-0.2, -0.15) is 4.39 Å². The summed E-state index contributed by atoms with van der Waals surface area (Å²) >= 11 is 1.14. The maximum absolute atomic E-state index is 13.5. The average Bonchev–Trinajstić information content (AvgIpc) is 3.01. The van der Waals surface area contributed by atoms with E-state index < -0.39 is 39.9 Å². The van der Waals surface area contributed by atoms with Crippen LogP contribution in [0.4, 0.5) is 9.18 Å². The second-order valence-corrected chi connectivity index (χ2v) is 6.93. The van der Waals surface area contributed by atoms with Crippen molar-refractivity contribution in [3.05, 3.63) is 63.2 Å². The molecule has 3 atom stereocenters. The van der Waals surface area contributed by atoms with E-state index in [-0.39, 0.29) is 13.0 Å². The molecule has 3 rings (SSSR count). The fraction of sp³-hybridized carbons (Fsp3) is 0.312. The quantitative estimate of drug-likeness (QED) is 0.605. The van der Waals surface area contributed by atoms with Gasteiger partial charge in [-0.25, -0.2) is 9.59 Å². The lowest BCUT2D eigenvalue weighted by Crippen LogP contribution is -2.33. The van der Waals surface area contributed by atoms with E-state index in [0.29, 0.717) is 5.75 Å². The van der Waals surface area contributed by atoms with Gasteiger partial charge in [0.2, 0.25) is 5.82 Å². The molecule has 1 aliphatic rings. The minimum Gasteiger partial charge on any atom is -0.429 e. The lowest BCUT2D eigenvalue weighted by atomic mass is 10.2. The summed E-state index contributed by atoms with van der Waals surface area (Å²) in [6, 6.07) is 8.31. The molecule has 1 fully saturated rings. The molecular formula is C16H15FN2O6S. The largest absolute Gasteiger partial charge is 0.514 e. The minimum atomic E-state index is -1.10. The van der Waals surface area contributed by atoms with Crippen LogP contribution in [0.5, 0.6) is 5.75 Å². The first kappa shape index (κ1) is 18.2. The summed E-state index contributed by atoms with van der Waals surface area (Å²) in [6.07, 6.45) is -0.739. The predicted molar refractivity (Wildman–Crippen MR) is 90.7 cm³/mol. The Labute approximate surface area is 150 Å². The van der Waals surface area contributed by atoms with Crippen molar-refractivity contribution in [2.75, 3.05) is 6.61 Å². The summed E-state index contributed by atoms with van der Waals surface area (Å²) in [5.74, 6) is -0.794. The van der Waals surface area contributed by atoms with Crippen LogP contribution in [0.3, 0.4) is 0 Å². The molecule has 0 saturated carbocycles. The molecular weight excluding hydrogens is 367 g/mol. The fourth-order valence-electron chi connectivity index (χ4n) is 2.57. The highest BCUT2D eigenvalue weighted by Crippen LogP contribution is 2.42. The van der Waals surface area contributed by atoms with Gasteiger partial charge in [-0.3, -0.25) is 14.3 Å². The normalized spacial score (nSPS) is 22.2. The van der Waals surface area contributed by atoms with Crippen molar-refractivity contribution in [1.29, 1.82) is 0 Å². The molecule has 8 nitrogen and oxygen atoms in total. The number of carbonyl (C=O) groups is 1. The van der Waals surface area contributed by atoms with Gasteiger partial charge in [-0.1, -0.05) is 18.2 Å². The van der Waals surface area contributed by atoms with E-state index in [1.54, 1.807) is 30.3 Å². The van der Waals surface area contributed by atoms with Gasteiger partial charge in [0, 0.05) is 6.42 Å². The van der Waals surface area contributed by atoms with Crippen LogP contribution in [0, 0.1) is 5.82 Å². The summed E-state index contributed by atoms with van der Waals surface area (Å²) in [4.78, 5) is 36.8. The molecule has 1 aromatic carbocycles. The summed E-state index contributed by atoms with van der Waals surface area (Å²) in [5, 5.41) is 8.37. The zero-order valence-electron chi connectivity index (χ0n) is 13.3. The standard InChI is InChI=1S/C16H15FN2O6S/c17-10-7-19(15(22)18-14(10)21)13-6-11(12(8-20)26-13)25-16(23)24-9-4-2-1-3-5-9/h1-5,7,11-13,20H,6,8H2,(H,18,21,22)/t11-,12+,13+/m0/s1. The number of nitrogens with one attached hydrogen (secondary N) is 1. The smallest absolute Gasteiger partial charge is 0.429 e. The molecule has 0 amide bonds. The Kier molecular flexibility index (Phi) is 5.43. The van der Waals surface area contributed by atoms with Gasteiger partial charge in [0.05, 0.1) is 23.4 Å². The van der Waals surface area contributed by atoms with Crippen LogP contribution in [-0.2, 0) is 4.74 Å². The number of nitrogens with zero attached hydrogens (tertiary/aromatic N) is 1. The van der Waals surface area contributed by atoms with Crippen LogP contribution in [-0.4, -0.2) is 38.8 Å². The molecule has 1 aromatic heterocycles. The summed E-state index contributed by atoms with van der Waals surface area (Å²) in [7, 11) is 0. The second-order valence-electron chi connectivity index (χ2n) is 5.51. The Morgan fingerprint density at radius 3 is 2.77 bits per heavy atom. The molecule has 0 radical (unpaired) electrons. The molecule has 0 bridgehead atoms. The van der Waals surface area contributed by atoms with E-state index >= 15 is 0 Å². The lowest BCUT2D eigenvalue weighted by Gasteiger charge is -2.16. The zero-order chi connectivity index (χ0) is 18.7. The molecule has 2 heterocycles. The van der Waals surface area contributed by atoms with Crippen molar-refractivity contribution < 1.29 is 23.8 Å². The van der Waals surface area contributed by atoms with Gasteiger partial charge >= 0.3 is 11.8 Å². The number of H-pyrrole nitrogens is 1. The van der Waals surface area contributed by atoms with E-state index in [4.69, 9.17) is 9.47 Å². The fourth-order valence-corrected chi connectivity index (χ4v) is 3.99. The lowest BCUT2D eigenvalue weighted by molar-refractivity contribution is 0.0486. The third kappa shape index (κ3) is 3.97. The highest BCUT2D eigenvalue weighted by molar-refractivity contribution is 8.00. The summed E-state index contributed by atoms with van der Waals surface area (Å²) in [6.45, 7) is -0.314. The second kappa shape index (κ2) is 7.75. The van der Waals surface area contributed by atoms with Crippen molar-refractivity contribution in [2.45, 2.75) is 23.1 Å². The third-order valence-electron chi connectivity index (χ3n) is 3.79. The molecule has 2 N–H and O–H groups in total. The minimum absolute atomic E-state index is 0.144. The van der Waals surface area contributed by atoms with Gasteiger partial charge in [0.15, 0.2) is 0 Å². The number of rotatable bonds is 4. The van der Waals surface area contributed by atoms with Gasteiger partial charge in [0.25, 0.3) is 5.56 Å². The Morgan fingerprint density at radius 1 is 1.35 bits per heavy atom. The van der Waals surface area contributed by atoms with Crippen LogP contribution in [0.1, 0.15) is 11.8 Å². The van der Waals surface area contributed by atoms with E-state index in [1.165, 1.54) is 0 Å². The number of aromatic amines is 1. The van der Waals surface area contributed by atoms with Crippen LogP contribution >= 0.6 is 11.8 Å². The van der Waals surface area contributed by atoms with Crippen molar-refractivity contribution >= 4 is 17.9 Å². The maximum atomic E-state index is 13.5. The Hall–Kier alpha value is -2.59. The van der Waals surface area contributed by atoms with Crippen LogP contribution in [0.2, 0.25) is 0 Å². The number of para-hydroxylation sites is 1. The maximum Gasteiger partial charge on any atom is 0.514 e. The molecule has 26 heavy (non-hydrogen) atoms. The third-order valence-corrected chi connectivity index (χ3v) is 5.32. The monoisotopic (exact) mass is 382 g/mol. The van der Waals surface area contributed by atoms with Gasteiger partial charge in [-0.15, -0.1) is 11.8 Å². The first-order valence-corrected chi connectivity index (χ1v) is 8.63. The number of hydrogen-bond donors (Lipinski definition) is 2. The Morgan fingerprint density at radius 2 is 2.08 bits per heavy atom. The number of halogens is 1. The van der Waals surface area contributed by atoms with E-state index in [1.807, 2.05) is 4.98 Å². The van der Waals surface area contributed by atoms with Gasteiger partial charge in [0.1, 0.15) is 11.9 Å². The average molecular weight is 382 g/mol. The van der Waals surface area contributed by atoms with Crippen molar-refractivity contribution in [2.24, 2.45) is 0 Å². The molecule has 0 spiro atoms. The molecule has 1 aliphatic heterocycles. The number of aromatic nitrogens is 2. The van der Waals surface area contributed by atoms with Crippen molar-refractivity contribution in [3.8, 4) is 5.75 Å². The van der Waals surface area contributed by atoms with Crippen LogP contribution < -0.4 is 16.0 Å². The Balaban J connectivity index is 1.71. The van der Waals surface area contributed by atoms with Crippen LogP contribution in [0.25, 0.3) is 0 Å². The molecule has 10 heteroatoms. The molecule has 138 valence electrons. The highest BCUT2D eigenvalue weighted by Gasteiger charge is 2.39. The number of aliphatic hydroxyl groups is 1.